The number of benzene rings is 2. The van der Waals surface area contributed by atoms with Crippen LogP contribution < -0.4 is 5.73 Å². The van der Waals surface area contributed by atoms with Crippen LogP contribution in [0, 0.1) is 17.5 Å². The molecular weight excluding hydrogens is 331 g/mol. The summed E-state index contributed by atoms with van der Waals surface area (Å²) in [6.07, 6.45) is 0.948. The summed E-state index contributed by atoms with van der Waals surface area (Å²) >= 11 is 3.11. The highest BCUT2D eigenvalue weighted by atomic mass is 79.9. The molecule has 0 aliphatic carbocycles. The van der Waals surface area contributed by atoms with Crippen molar-refractivity contribution in [2.24, 2.45) is 5.73 Å². The summed E-state index contributed by atoms with van der Waals surface area (Å²) in [6, 6.07) is 8.19. The molecule has 0 aliphatic heterocycles. The maximum atomic E-state index is 13.1. The van der Waals surface area contributed by atoms with Crippen LogP contribution in [0.2, 0.25) is 0 Å². The first-order chi connectivity index (χ1) is 9.45. The Morgan fingerprint density at radius 3 is 1.95 bits per heavy atom. The van der Waals surface area contributed by atoms with Crippen molar-refractivity contribution in [3.63, 3.8) is 0 Å². The molecule has 20 heavy (non-hydrogen) atoms. The van der Waals surface area contributed by atoms with Crippen molar-refractivity contribution in [1.82, 2.24) is 0 Å². The number of hydrogen-bond acceptors (Lipinski definition) is 1. The molecular formula is C15H13BrF3N. The van der Waals surface area contributed by atoms with Crippen LogP contribution in [-0.2, 0) is 12.8 Å². The normalized spacial score (nSPS) is 12.4. The molecule has 1 atom stereocenters. The van der Waals surface area contributed by atoms with Gasteiger partial charge in [-0.05, 0) is 64.2 Å². The van der Waals surface area contributed by atoms with Gasteiger partial charge in [0, 0.05) is 6.04 Å². The van der Waals surface area contributed by atoms with Gasteiger partial charge in [0.05, 0.1) is 4.47 Å². The lowest BCUT2D eigenvalue weighted by Gasteiger charge is -2.12. The Balaban J connectivity index is 2.02. The first kappa shape index (κ1) is 15.1. The third-order valence-corrected chi connectivity index (χ3v) is 3.57. The van der Waals surface area contributed by atoms with Crippen LogP contribution in [-0.4, -0.2) is 6.04 Å². The minimum Gasteiger partial charge on any atom is -0.327 e. The van der Waals surface area contributed by atoms with E-state index in [1.54, 1.807) is 12.1 Å². The molecule has 2 aromatic rings. The summed E-state index contributed by atoms with van der Waals surface area (Å²) < 4.78 is 39.4. The third kappa shape index (κ3) is 3.84. The molecule has 0 spiro atoms. The second-order valence-corrected chi connectivity index (χ2v) is 5.52. The zero-order valence-electron chi connectivity index (χ0n) is 10.5. The number of halogens is 4. The standard InChI is InChI=1S/C15H13BrF3N/c16-12-7-9(1-3-13(12)17)5-11(20)6-10-2-4-14(18)15(19)8-10/h1-4,7-8,11H,5-6,20H2. The predicted molar refractivity (Wildman–Crippen MR) is 75.8 cm³/mol. The molecule has 0 bridgehead atoms. The average molecular weight is 344 g/mol. The van der Waals surface area contributed by atoms with Crippen molar-refractivity contribution in [2.45, 2.75) is 18.9 Å². The maximum Gasteiger partial charge on any atom is 0.159 e. The molecule has 2 rings (SSSR count). The Kier molecular flexibility index (Phi) is 4.83. The summed E-state index contributed by atoms with van der Waals surface area (Å²) in [5.74, 6) is -2.08. The van der Waals surface area contributed by atoms with Crippen LogP contribution in [0.25, 0.3) is 0 Å². The lowest BCUT2D eigenvalue weighted by Crippen LogP contribution is -2.25. The van der Waals surface area contributed by atoms with E-state index >= 15 is 0 Å². The number of nitrogens with two attached hydrogens (primary N) is 1. The lowest BCUT2D eigenvalue weighted by molar-refractivity contribution is 0.506. The molecule has 0 amide bonds. The van der Waals surface area contributed by atoms with Crippen LogP contribution in [0.1, 0.15) is 11.1 Å². The fraction of sp³-hybridized carbons (Fsp3) is 0.200. The molecule has 0 saturated carbocycles. The fourth-order valence-corrected chi connectivity index (χ4v) is 2.44. The van der Waals surface area contributed by atoms with E-state index in [-0.39, 0.29) is 11.9 Å². The average Bonchev–Trinajstić information content (AvgIpc) is 2.38. The first-order valence-electron chi connectivity index (χ1n) is 6.09. The SMILES string of the molecule is NC(Cc1ccc(F)c(F)c1)Cc1ccc(F)c(Br)c1. The van der Waals surface area contributed by atoms with Gasteiger partial charge in [-0.15, -0.1) is 0 Å². The predicted octanol–water partition coefficient (Wildman–Crippen LogP) is 3.98. The van der Waals surface area contributed by atoms with Crippen LogP contribution in [0.15, 0.2) is 40.9 Å². The van der Waals surface area contributed by atoms with Gasteiger partial charge in [0.25, 0.3) is 0 Å². The smallest absolute Gasteiger partial charge is 0.159 e. The minimum absolute atomic E-state index is 0.253. The topological polar surface area (TPSA) is 26.0 Å². The van der Waals surface area contributed by atoms with Gasteiger partial charge in [-0.25, -0.2) is 13.2 Å². The Hall–Kier alpha value is -1.33. The molecule has 0 heterocycles. The minimum atomic E-state index is -0.876. The summed E-state index contributed by atoms with van der Waals surface area (Å²) in [4.78, 5) is 0. The van der Waals surface area contributed by atoms with Gasteiger partial charge in [-0.2, -0.15) is 0 Å². The summed E-state index contributed by atoms with van der Waals surface area (Å²) in [5.41, 5.74) is 7.51. The quantitative estimate of drug-likeness (QED) is 0.892. The fourth-order valence-electron chi connectivity index (χ4n) is 2.01. The second-order valence-electron chi connectivity index (χ2n) is 4.67. The van der Waals surface area contributed by atoms with E-state index in [1.807, 2.05) is 0 Å². The Bertz CT molecular complexity index is 563. The zero-order chi connectivity index (χ0) is 14.7. The Morgan fingerprint density at radius 1 is 0.850 bits per heavy atom. The van der Waals surface area contributed by atoms with E-state index in [1.165, 1.54) is 12.1 Å². The van der Waals surface area contributed by atoms with Gasteiger partial charge in [0.2, 0.25) is 0 Å². The molecule has 106 valence electrons. The van der Waals surface area contributed by atoms with Crippen molar-refractivity contribution in [3.8, 4) is 0 Å². The highest BCUT2D eigenvalue weighted by molar-refractivity contribution is 9.10. The van der Waals surface area contributed by atoms with E-state index in [2.05, 4.69) is 15.9 Å². The lowest BCUT2D eigenvalue weighted by atomic mass is 9.99. The van der Waals surface area contributed by atoms with Crippen LogP contribution in [0.5, 0.6) is 0 Å². The van der Waals surface area contributed by atoms with E-state index in [0.717, 1.165) is 17.7 Å². The summed E-state index contributed by atoms with van der Waals surface area (Å²) in [7, 11) is 0. The van der Waals surface area contributed by atoms with Crippen molar-refractivity contribution >= 4 is 15.9 Å². The van der Waals surface area contributed by atoms with Gasteiger partial charge >= 0.3 is 0 Å². The molecule has 0 saturated heterocycles. The third-order valence-electron chi connectivity index (χ3n) is 2.96. The van der Waals surface area contributed by atoms with Gasteiger partial charge in [-0.1, -0.05) is 12.1 Å². The first-order valence-corrected chi connectivity index (χ1v) is 6.88. The molecule has 1 unspecified atom stereocenters. The second kappa shape index (κ2) is 6.41. The largest absolute Gasteiger partial charge is 0.327 e. The molecule has 0 radical (unpaired) electrons. The highest BCUT2D eigenvalue weighted by Crippen LogP contribution is 2.18. The summed E-state index contributed by atoms with van der Waals surface area (Å²) in [5, 5.41) is 0. The van der Waals surface area contributed by atoms with E-state index in [0.29, 0.717) is 22.9 Å². The van der Waals surface area contributed by atoms with Gasteiger partial charge in [0.15, 0.2) is 11.6 Å². The maximum absolute atomic E-state index is 13.1. The molecule has 5 heteroatoms. The van der Waals surface area contributed by atoms with E-state index in [9.17, 15) is 13.2 Å². The molecule has 1 nitrogen and oxygen atoms in total. The van der Waals surface area contributed by atoms with Crippen LogP contribution in [0.4, 0.5) is 13.2 Å². The van der Waals surface area contributed by atoms with E-state index < -0.39 is 11.6 Å². The van der Waals surface area contributed by atoms with Crippen molar-refractivity contribution in [2.75, 3.05) is 0 Å². The van der Waals surface area contributed by atoms with Crippen molar-refractivity contribution in [1.29, 1.82) is 0 Å². The molecule has 0 aromatic heterocycles. The van der Waals surface area contributed by atoms with Crippen molar-refractivity contribution in [3.05, 3.63) is 69.4 Å². The van der Waals surface area contributed by atoms with Gasteiger partial charge in [0.1, 0.15) is 5.82 Å². The van der Waals surface area contributed by atoms with Gasteiger partial charge in [-0.3, -0.25) is 0 Å². The molecule has 0 fully saturated rings. The number of rotatable bonds is 4. The Labute approximate surface area is 123 Å². The monoisotopic (exact) mass is 343 g/mol. The highest BCUT2D eigenvalue weighted by Gasteiger charge is 2.09. The number of hydrogen-bond donors (Lipinski definition) is 1. The summed E-state index contributed by atoms with van der Waals surface area (Å²) in [6.45, 7) is 0. The van der Waals surface area contributed by atoms with E-state index in [4.69, 9.17) is 5.73 Å². The van der Waals surface area contributed by atoms with Crippen LogP contribution in [0.3, 0.4) is 0 Å². The molecule has 2 aromatic carbocycles. The zero-order valence-corrected chi connectivity index (χ0v) is 12.1. The molecule has 0 aliphatic rings. The van der Waals surface area contributed by atoms with Crippen LogP contribution >= 0.6 is 15.9 Å². The van der Waals surface area contributed by atoms with Crippen molar-refractivity contribution < 1.29 is 13.2 Å². The Morgan fingerprint density at radius 2 is 1.40 bits per heavy atom. The molecule has 2 N–H and O–H groups in total. The van der Waals surface area contributed by atoms with Gasteiger partial charge < -0.3 is 5.73 Å².